The molecule has 1 aliphatic heterocycles. The van der Waals surface area contributed by atoms with Gasteiger partial charge in [-0.05, 0) is 20.8 Å². The minimum absolute atomic E-state index is 0.0713. The van der Waals surface area contributed by atoms with Crippen molar-refractivity contribution < 1.29 is 23.8 Å². The Morgan fingerprint density at radius 2 is 1.90 bits per heavy atom. The molecule has 120 valence electrons. The van der Waals surface area contributed by atoms with Crippen molar-refractivity contribution in [2.45, 2.75) is 65.3 Å². The summed E-state index contributed by atoms with van der Waals surface area (Å²) in [5, 5.41) is 0. The molecule has 0 aromatic carbocycles. The molecule has 0 amide bonds. The van der Waals surface area contributed by atoms with E-state index in [1.807, 2.05) is 34.6 Å². The lowest BCUT2D eigenvalue weighted by Gasteiger charge is -2.44. The molecule has 1 aliphatic carbocycles. The van der Waals surface area contributed by atoms with Crippen LogP contribution in [0.25, 0.3) is 0 Å². The highest BCUT2D eigenvalue weighted by atomic mass is 16.7. The van der Waals surface area contributed by atoms with Crippen LogP contribution in [0.1, 0.15) is 53.9 Å². The third-order valence-electron chi connectivity index (χ3n) is 4.09. The lowest BCUT2D eigenvalue weighted by atomic mass is 9.66. The molecule has 1 spiro atoms. The Balaban J connectivity index is 2.14. The second-order valence-electron chi connectivity index (χ2n) is 7.58. The topological polar surface area (TPSA) is 61.8 Å². The summed E-state index contributed by atoms with van der Waals surface area (Å²) in [6, 6.07) is 0. The van der Waals surface area contributed by atoms with Crippen molar-refractivity contribution in [3.05, 3.63) is 0 Å². The molecule has 1 saturated carbocycles. The van der Waals surface area contributed by atoms with Gasteiger partial charge in [0.1, 0.15) is 11.4 Å². The zero-order valence-electron chi connectivity index (χ0n) is 13.7. The summed E-state index contributed by atoms with van der Waals surface area (Å²) in [4.78, 5) is 24.7. The zero-order valence-corrected chi connectivity index (χ0v) is 13.7. The molecule has 5 nitrogen and oxygen atoms in total. The summed E-state index contributed by atoms with van der Waals surface area (Å²) >= 11 is 0. The maximum Gasteiger partial charge on any atom is 0.307 e. The molecule has 1 heterocycles. The Bertz CT molecular complexity index is 430. The van der Waals surface area contributed by atoms with Crippen molar-refractivity contribution in [3.8, 4) is 0 Å². The van der Waals surface area contributed by atoms with Crippen molar-refractivity contribution >= 4 is 11.8 Å². The van der Waals surface area contributed by atoms with Gasteiger partial charge in [0, 0.05) is 24.2 Å². The fraction of sp³-hybridized carbons (Fsp3) is 0.875. The van der Waals surface area contributed by atoms with E-state index in [4.69, 9.17) is 14.2 Å². The van der Waals surface area contributed by atoms with E-state index >= 15 is 0 Å². The molecule has 0 radical (unpaired) electrons. The number of esters is 1. The molecule has 21 heavy (non-hydrogen) atoms. The van der Waals surface area contributed by atoms with E-state index in [1.54, 1.807) is 0 Å². The Morgan fingerprint density at radius 1 is 1.33 bits per heavy atom. The highest BCUT2D eigenvalue weighted by Crippen LogP contribution is 2.47. The molecule has 2 aliphatic rings. The van der Waals surface area contributed by atoms with Crippen LogP contribution in [-0.2, 0) is 23.8 Å². The van der Waals surface area contributed by atoms with E-state index in [-0.39, 0.29) is 24.1 Å². The first-order valence-electron chi connectivity index (χ1n) is 7.59. The fourth-order valence-electron chi connectivity index (χ4n) is 3.47. The van der Waals surface area contributed by atoms with Gasteiger partial charge >= 0.3 is 5.97 Å². The molecule has 2 atom stereocenters. The summed E-state index contributed by atoms with van der Waals surface area (Å²) in [6.45, 7) is 10.3. The van der Waals surface area contributed by atoms with Crippen LogP contribution >= 0.6 is 0 Å². The van der Waals surface area contributed by atoms with Crippen molar-refractivity contribution in [2.24, 2.45) is 11.3 Å². The summed E-state index contributed by atoms with van der Waals surface area (Å²) in [5.41, 5.74) is -1.33. The van der Waals surface area contributed by atoms with Crippen LogP contribution < -0.4 is 0 Å². The monoisotopic (exact) mass is 298 g/mol. The Labute approximate surface area is 126 Å². The fourth-order valence-corrected chi connectivity index (χ4v) is 3.47. The average molecular weight is 298 g/mol. The van der Waals surface area contributed by atoms with Crippen molar-refractivity contribution in [1.29, 1.82) is 0 Å². The van der Waals surface area contributed by atoms with Crippen molar-refractivity contribution in [2.75, 3.05) is 13.2 Å². The van der Waals surface area contributed by atoms with Gasteiger partial charge in [-0.25, -0.2) is 0 Å². The summed E-state index contributed by atoms with van der Waals surface area (Å²) in [5.74, 6) is -1.13. The van der Waals surface area contributed by atoms with Crippen molar-refractivity contribution in [3.63, 3.8) is 0 Å². The third-order valence-corrected chi connectivity index (χ3v) is 4.09. The van der Waals surface area contributed by atoms with Gasteiger partial charge in [0.05, 0.1) is 19.6 Å². The quantitative estimate of drug-likeness (QED) is 0.733. The summed E-state index contributed by atoms with van der Waals surface area (Å²) < 4.78 is 16.9. The van der Waals surface area contributed by atoms with Gasteiger partial charge < -0.3 is 14.2 Å². The van der Waals surface area contributed by atoms with E-state index in [2.05, 4.69) is 0 Å². The standard InChI is InChI=1S/C16H26O5/c1-11-8-16(19-6-7-20-16)10-15(5,13(11)18)9-12(17)21-14(2,3)4/h11H,6-10H2,1-5H3/t11?,15-/m1/s1. The first kappa shape index (κ1) is 16.4. The first-order valence-corrected chi connectivity index (χ1v) is 7.59. The van der Waals surface area contributed by atoms with Crippen LogP contribution in [0.5, 0.6) is 0 Å². The highest BCUT2D eigenvalue weighted by Gasteiger charge is 2.54. The van der Waals surface area contributed by atoms with Gasteiger partial charge in [0.15, 0.2) is 5.79 Å². The second kappa shape index (κ2) is 5.36. The van der Waals surface area contributed by atoms with E-state index in [9.17, 15) is 9.59 Å². The van der Waals surface area contributed by atoms with E-state index in [0.29, 0.717) is 26.1 Å². The average Bonchev–Trinajstić information content (AvgIpc) is 2.71. The molecule has 2 fully saturated rings. The van der Waals surface area contributed by atoms with Gasteiger partial charge in [-0.15, -0.1) is 0 Å². The van der Waals surface area contributed by atoms with Gasteiger partial charge in [0.25, 0.3) is 0 Å². The lowest BCUT2D eigenvalue weighted by molar-refractivity contribution is -0.211. The minimum atomic E-state index is -0.787. The number of carbonyl (C=O) groups excluding carboxylic acids is 2. The van der Waals surface area contributed by atoms with Gasteiger partial charge in [-0.2, -0.15) is 0 Å². The van der Waals surface area contributed by atoms with E-state index < -0.39 is 16.8 Å². The molecule has 5 heteroatoms. The molecular formula is C16H26O5. The van der Waals surface area contributed by atoms with Crippen molar-refractivity contribution in [1.82, 2.24) is 0 Å². The number of carbonyl (C=O) groups is 2. The molecular weight excluding hydrogens is 272 g/mol. The van der Waals surface area contributed by atoms with Crippen LogP contribution in [0.2, 0.25) is 0 Å². The Morgan fingerprint density at radius 3 is 2.43 bits per heavy atom. The number of ether oxygens (including phenoxy) is 3. The van der Waals surface area contributed by atoms with Gasteiger partial charge in [-0.3, -0.25) is 9.59 Å². The van der Waals surface area contributed by atoms with Crippen LogP contribution in [0.3, 0.4) is 0 Å². The SMILES string of the molecule is CC1CC2(C[C@@](C)(CC(=O)OC(C)(C)C)C1=O)OCCO2. The highest BCUT2D eigenvalue weighted by molar-refractivity contribution is 5.91. The molecule has 2 rings (SSSR count). The zero-order chi connectivity index (χ0) is 15.9. The maximum atomic E-state index is 12.6. The maximum absolute atomic E-state index is 12.6. The molecule has 0 aromatic heterocycles. The van der Waals surface area contributed by atoms with Crippen LogP contribution in [0.15, 0.2) is 0 Å². The van der Waals surface area contributed by atoms with Gasteiger partial charge in [-0.1, -0.05) is 13.8 Å². The number of ketones is 1. The van der Waals surface area contributed by atoms with Crippen LogP contribution in [0.4, 0.5) is 0 Å². The summed E-state index contributed by atoms with van der Waals surface area (Å²) in [7, 11) is 0. The number of Topliss-reactive ketones (excluding diaryl/α,β-unsaturated/α-hetero) is 1. The number of hydrogen-bond donors (Lipinski definition) is 0. The normalized spacial score (nSPS) is 32.4. The molecule has 0 bridgehead atoms. The third kappa shape index (κ3) is 3.64. The molecule has 0 aromatic rings. The Kier molecular flexibility index (Phi) is 4.19. The van der Waals surface area contributed by atoms with Crippen LogP contribution in [-0.4, -0.2) is 36.4 Å². The molecule has 1 saturated heterocycles. The van der Waals surface area contributed by atoms with E-state index in [1.165, 1.54) is 0 Å². The molecule has 1 unspecified atom stereocenters. The number of rotatable bonds is 2. The first-order chi connectivity index (χ1) is 9.55. The Hall–Kier alpha value is -0.940. The predicted molar refractivity (Wildman–Crippen MR) is 76.6 cm³/mol. The van der Waals surface area contributed by atoms with Crippen LogP contribution in [0, 0.1) is 11.3 Å². The lowest BCUT2D eigenvalue weighted by Crippen LogP contribution is -2.51. The smallest absolute Gasteiger partial charge is 0.307 e. The molecule has 0 N–H and O–H groups in total. The minimum Gasteiger partial charge on any atom is -0.460 e. The predicted octanol–water partition coefficient (Wildman–Crippen LogP) is 2.47. The van der Waals surface area contributed by atoms with Gasteiger partial charge in [0.2, 0.25) is 0 Å². The second-order valence-corrected chi connectivity index (χ2v) is 7.58. The van der Waals surface area contributed by atoms with E-state index in [0.717, 1.165) is 0 Å². The summed E-state index contributed by atoms with van der Waals surface area (Å²) in [6.07, 6.45) is 1.06. The largest absolute Gasteiger partial charge is 0.460 e. The number of hydrogen-bond acceptors (Lipinski definition) is 5.